The van der Waals surface area contributed by atoms with Crippen molar-refractivity contribution in [3.63, 3.8) is 0 Å². The maximum absolute atomic E-state index is 11.2. The number of hydrogen-bond acceptors (Lipinski definition) is 3. The first-order valence-electron chi connectivity index (χ1n) is 5.24. The Labute approximate surface area is 107 Å². The molecule has 1 aromatic heterocycles. The second kappa shape index (κ2) is 8.56. The average molecular weight is 263 g/mol. The maximum atomic E-state index is 11.2. The lowest BCUT2D eigenvalue weighted by Gasteiger charge is -2.02. The lowest BCUT2D eigenvalue weighted by Crippen LogP contribution is -2.28. The average Bonchev–Trinajstić information content (AvgIpc) is 2.61. The fourth-order valence-corrected chi connectivity index (χ4v) is 2.27. The van der Waals surface area contributed by atoms with Gasteiger partial charge in [0, 0.05) is 29.3 Å². The molecule has 5 heteroatoms. The number of halogens is 1. The molecule has 0 aliphatic rings. The molecule has 0 radical (unpaired) electrons. The van der Waals surface area contributed by atoms with E-state index >= 15 is 0 Å². The molecule has 92 valence electrons. The Balaban J connectivity index is 0.00000225. The van der Waals surface area contributed by atoms with Gasteiger partial charge in [-0.15, -0.1) is 23.7 Å². The van der Waals surface area contributed by atoms with E-state index in [0.717, 1.165) is 12.8 Å². The van der Waals surface area contributed by atoms with Gasteiger partial charge in [0.15, 0.2) is 0 Å². The predicted octanol–water partition coefficient (Wildman–Crippen LogP) is 1.88. The van der Waals surface area contributed by atoms with Crippen molar-refractivity contribution < 1.29 is 4.79 Å². The van der Waals surface area contributed by atoms with Gasteiger partial charge < -0.3 is 11.1 Å². The van der Waals surface area contributed by atoms with Crippen LogP contribution in [0.2, 0.25) is 0 Å². The molecule has 0 aromatic carbocycles. The van der Waals surface area contributed by atoms with Crippen molar-refractivity contribution in [2.75, 3.05) is 13.1 Å². The monoisotopic (exact) mass is 262 g/mol. The Morgan fingerprint density at radius 2 is 2.25 bits per heavy atom. The van der Waals surface area contributed by atoms with E-state index in [1.54, 1.807) is 11.3 Å². The lowest BCUT2D eigenvalue weighted by molar-refractivity contribution is -0.121. The van der Waals surface area contributed by atoms with E-state index in [4.69, 9.17) is 5.73 Å². The minimum atomic E-state index is 0. The summed E-state index contributed by atoms with van der Waals surface area (Å²) < 4.78 is 0. The standard InChI is InChI=1S/C11H18N2OS.ClH/c1-9-5-6-10(15-9)3-2-4-11(14)13-8-7-12;/h5-6H,2-4,7-8,12H2,1H3,(H,13,14);1H. The lowest BCUT2D eigenvalue weighted by atomic mass is 10.2. The van der Waals surface area contributed by atoms with Gasteiger partial charge in [-0.2, -0.15) is 0 Å². The number of carbonyl (C=O) groups is 1. The summed E-state index contributed by atoms with van der Waals surface area (Å²) in [6.45, 7) is 3.19. The highest BCUT2D eigenvalue weighted by molar-refractivity contribution is 7.11. The topological polar surface area (TPSA) is 55.1 Å². The van der Waals surface area contributed by atoms with Gasteiger partial charge in [0.1, 0.15) is 0 Å². The van der Waals surface area contributed by atoms with Crippen molar-refractivity contribution in [3.05, 3.63) is 21.9 Å². The number of nitrogens with two attached hydrogens (primary N) is 1. The molecule has 0 saturated heterocycles. The first kappa shape index (κ1) is 15.4. The van der Waals surface area contributed by atoms with Crippen molar-refractivity contribution in [3.8, 4) is 0 Å². The zero-order valence-corrected chi connectivity index (χ0v) is 11.1. The second-order valence-electron chi connectivity index (χ2n) is 3.50. The molecule has 0 aliphatic heterocycles. The van der Waals surface area contributed by atoms with E-state index in [2.05, 4.69) is 24.4 Å². The molecule has 16 heavy (non-hydrogen) atoms. The van der Waals surface area contributed by atoms with Crippen LogP contribution in [0.25, 0.3) is 0 Å². The van der Waals surface area contributed by atoms with Crippen LogP contribution < -0.4 is 11.1 Å². The molecule has 0 fully saturated rings. The molecule has 1 heterocycles. The van der Waals surface area contributed by atoms with Crippen molar-refractivity contribution >= 4 is 29.7 Å². The zero-order valence-electron chi connectivity index (χ0n) is 9.49. The van der Waals surface area contributed by atoms with Crippen LogP contribution in [0.5, 0.6) is 0 Å². The van der Waals surface area contributed by atoms with Crippen LogP contribution in [-0.2, 0) is 11.2 Å². The summed E-state index contributed by atoms with van der Waals surface area (Å²) >= 11 is 1.81. The minimum Gasteiger partial charge on any atom is -0.355 e. The summed E-state index contributed by atoms with van der Waals surface area (Å²) in [6, 6.07) is 4.26. The highest BCUT2D eigenvalue weighted by Crippen LogP contribution is 2.17. The fourth-order valence-electron chi connectivity index (χ4n) is 1.34. The number of nitrogens with one attached hydrogen (secondary N) is 1. The van der Waals surface area contributed by atoms with Gasteiger partial charge in [-0.05, 0) is 31.9 Å². The predicted molar refractivity (Wildman–Crippen MR) is 71.3 cm³/mol. The van der Waals surface area contributed by atoms with Gasteiger partial charge in [0.25, 0.3) is 0 Å². The summed E-state index contributed by atoms with van der Waals surface area (Å²) in [4.78, 5) is 13.9. The molecule has 0 saturated carbocycles. The van der Waals surface area contributed by atoms with Gasteiger partial charge in [0.2, 0.25) is 5.91 Å². The Bertz CT molecular complexity index is 315. The molecule has 3 nitrogen and oxygen atoms in total. The SMILES string of the molecule is Cc1ccc(CCCC(=O)NCCN)s1.Cl. The molecule has 0 atom stereocenters. The summed E-state index contributed by atoms with van der Waals surface area (Å²) in [5.41, 5.74) is 5.29. The smallest absolute Gasteiger partial charge is 0.220 e. The van der Waals surface area contributed by atoms with E-state index in [1.165, 1.54) is 9.75 Å². The largest absolute Gasteiger partial charge is 0.355 e. The third-order valence-corrected chi connectivity index (χ3v) is 3.15. The zero-order chi connectivity index (χ0) is 11.1. The van der Waals surface area contributed by atoms with Crippen LogP contribution in [0.4, 0.5) is 0 Å². The Hall–Kier alpha value is -0.580. The minimum absolute atomic E-state index is 0. The van der Waals surface area contributed by atoms with Gasteiger partial charge >= 0.3 is 0 Å². The Kier molecular flexibility index (Phi) is 8.25. The van der Waals surface area contributed by atoms with E-state index < -0.39 is 0 Å². The Morgan fingerprint density at radius 1 is 1.50 bits per heavy atom. The van der Waals surface area contributed by atoms with Gasteiger partial charge in [-0.1, -0.05) is 0 Å². The molecule has 0 spiro atoms. The van der Waals surface area contributed by atoms with Crippen molar-refractivity contribution in [2.24, 2.45) is 5.73 Å². The molecular weight excluding hydrogens is 244 g/mol. The normalized spacial score (nSPS) is 9.62. The van der Waals surface area contributed by atoms with Crippen molar-refractivity contribution in [2.45, 2.75) is 26.2 Å². The van der Waals surface area contributed by atoms with Crippen molar-refractivity contribution in [1.82, 2.24) is 5.32 Å². The number of hydrogen-bond donors (Lipinski definition) is 2. The molecule has 1 amide bonds. The quantitative estimate of drug-likeness (QED) is 0.823. The van der Waals surface area contributed by atoms with E-state index in [0.29, 0.717) is 19.5 Å². The maximum Gasteiger partial charge on any atom is 0.220 e. The van der Waals surface area contributed by atoms with Crippen LogP contribution >= 0.6 is 23.7 Å². The third kappa shape index (κ3) is 6.10. The number of amides is 1. The number of aryl methyl sites for hydroxylation is 2. The first-order chi connectivity index (χ1) is 7.22. The molecule has 0 bridgehead atoms. The van der Waals surface area contributed by atoms with Crippen molar-refractivity contribution in [1.29, 1.82) is 0 Å². The van der Waals surface area contributed by atoms with Crippen LogP contribution in [0, 0.1) is 6.92 Å². The summed E-state index contributed by atoms with van der Waals surface area (Å²) in [6.07, 6.45) is 2.50. The number of thiophene rings is 1. The third-order valence-electron chi connectivity index (χ3n) is 2.09. The number of carbonyl (C=O) groups excluding carboxylic acids is 1. The Morgan fingerprint density at radius 3 is 2.81 bits per heavy atom. The van der Waals surface area contributed by atoms with Gasteiger partial charge in [-0.3, -0.25) is 4.79 Å². The summed E-state index contributed by atoms with van der Waals surface area (Å²) in [7, 11) is 0. The van der Waals surface area contributed by atoms with Crippen LogP contribution in [-0.4, -0.2) is 19.0 Å². The van der Waals surface area contributed by atoms with Gasteiger partial charge in [-0.25, -0.2) is 0 Å². The highest BCUT2D eigenvalue weighted by atomic mass is 35.5. The van der Waals surface area contributed by atoms with E-state index in [9.17, 15) is 4.79 Å². The van der Waals surface area contributed by atoms with Crippen LogP contribution in [0.15, 0.2) is 12.1 Å². The van der Waals surface area contributed by atoms with Crippen LogP contribution in [0.3, 0.4) is 0 Å². The molecule has 1 aromatic rings. The molecular formula is C11H19ClN2OS. The molecule has 0 aliphatic carbocycles. The highest BCUT2D eigenvalue weighted by Gasteiger charge is 2.01. The van der Waals surface area contributed by atoms with Gasteiger partial charge in [0.05, 0.1) is 0 Å². The van der Waals surface area contributed by atoms with E-state index in [1.807, 2.05) is 0 Å². The summed E-state index contributed by atoms with van der Waals surface area (Å²) in [5, 5.41) is 2.76. The molecule has 1 rings (SSSR count). The first-order valence-corrected chi connectivity index (χ1v) is 6.06. The second-order valence-corrected chi connectivity index (χ2v) is 4.88. The molecule has 0 unspecified atom stereocenters. The van der Waals surface area contributed by atoms with Crippen LogP contribution in [0.1, 0.15) is 22.6 Å². The van der Waals surface area contributed by atoms with E-state index in [-0.39, 0.29) is 18.3 Å². The summed E-state index contributed by atoms with van der Waals surface area (Å²) in [5.74, 6) is 0.105. The fraction of sp³-hybridized carbons (Fsp3) is 0.545. The molecule has 3 N–H and O–H groups in total. The number of rotatable bonds is 6.